The molecule has 0 bridgehead atoms. The van der Waals surface area contributed by atoms with Crippen molar-refractivity contribution in [3.63, 3.8) is 0 Å². The van der Waals surface area contributed by atoms with E-state index in [4.69, 9.17) is 0 Å². The highest BCUT2D eigenvalue weighted by Gasteiger charge is 2.17. The lowest BCUT2D eigenvalue weighted by molar-refractivity contribution is 0.450. The van der Waals surface area contributed by atoms with Crippen LogP contribution in [0.25, 0.3) is 0 Å². The molecule has 1 aromatic carbocycles. The van der Waals surface area contributed by atoms with Crippen LogP contribution in [0.4, 0.5) is 0 Å². The highest BCUT2D eigenvalue weighted by Crippen LogP contribution is 2.24. The molecule has 3 heteroatoms. The number of hydrogen-bond donors (Lipinski definition) is 2. The number of rotatable bonds is 2. The second-order valence-electron chi connectivity index (χ2n) is 4.58. The van der Waals surface area contributed by atoms with Gasteiger partial charge < -0.3 is 10.6 Å². The van der Waals surface area contributed by atoms with Gasteiger partial charge in [0.25, 0.3) is 0 Å². The Balaban J connectivity index is 1.90. The molecule has 1 aliphatic rings. The van der Waals surface area contributed by atoms with Crippen LogP contribution in [0.5, 0.6) is 0 Å². The Morgan fingerprint density at radius 3 is 2.82 bits per heavy atom. The van der Waals surface area contributed by atoms with Crippen molar-refractivity contribution in [3.05, 3.63) is 35.4 Å². The second kappa shape index (κ2) is 5.71. The van der Waals surface area contributed by atoms with Crippen molar-refractivity contribution in [2.75, 3.05) is 20.6 Å². The first-order chi connectivity index (χ1) is 8.33. The van der Waals surface area contributed by atoms with Gasteiger partial charge in [0.15, 0.2) is 5.96 Å². The zero-order valence-corrected chi connectivity index (χ0v) is 10.7. The number of aryl methyl sites for hydroxylation is 1. The minimum Gasteiger partial charge on any atom is -0.359 e. The number of nitrogens with zero attached hydrogens (tertiary/aromatic N) is 1. The highest BCUT2D eigenvalue weighted by atomic mass is 15.1. The molecule has 0 heterocycles. The minimum absolute atomic E-state index is 0.718. The fourth-order valence-electron chi connectivity index (χ4n) is 2.47. The molecule has 0 radical (unpaired) electrons. The van der Waals surface area contributed by atoms with Crippen LogP contribution in [-0.4, -0.2) is 26.6 Å². The molecule has 0 aliphatic heterocycles. The Kier molecular flexibility index (Phi) is 4.02. The van der Waals surface area contributed by atoms with E-state index in [1.807, 2.05) is 7.05 Å². The average molecular weight is 231 g/mol. The number of nitrogens with one attached hydrogen (secondary N) is 2. The van der Waals surface area contributed by atoms with Gasteiger partial charge in [0.05, 0.1) is 0 Å². The fourth-order valence-corrected chi connectivity index (χ4v) is 2.47. The molecule has 1 atom stereocenters. The maximum Gasteiger partial charge on any atom is 0.190 e. The molecule has 2 rings (SSSR count). The van der Waals surface area contributed by atoms with Crippen LogP contribution in [0.3, 0.4) is 0 Å². The number of guanidine groups is 1. The van der Waals surface area contributed by atoms with E-state index in [0.29, 0.717) is 0 Å². The van der Waals surface area contributed by atoms with Crippen LogP contribution in [0.15, 0.2) is 29.3 Å². The number of benzene rings is 1. The molecule has 0 aromatic heterocycles. The maximum atomic E-state index is 4.13. The van der Waals surface area contributed by atoms with Crippen molar-refractivity contribution in [1.29, 1.82) is 0 Å². The SMILES string of the molecule is CN=C(NC)NCC1CCc2ccccc2C1. The average Bonchev–Trinajstić information content (AvgIpc) is 2.40. The molecule has 1 aliphatic carbocycles. The van der Waals surface area contributed by atoms with Gasteiger partial charge in [-0.1, -0.05) is 24.3 Å². The van der Waals surface area contributed by atoms with Crippen LogP contribution in [0.2, 0.25) is 0 Å². The van der Waals surface area contributed by atoms with Gasteiger partial charge in [-0.15, -0.1) is 0 Å². The summed E-state index contributed by atoms with van der Waals surface area (Å²) in [7, 11) is 3.69. The lowest BCUT2D eigenvalue weighted by Crippen LogP contribution is -2.38. The van der Waals surface area contributed by atoms with Gasteiger partial charge in [-0.05, 0) is 36.3 Å². The van der Waals surface area contributed by atoms with Gasteiger partial charge in [0.2, 0.25) is 0 Å². The van der Waals surface area contributed by atoms with E-state index in [9.17, 15) is 0 Å². The van der Waals surface area contributed by atoms with E-state index >= 15 is 0 Å². The highest BCUT2D eigenvalue weighted by molar-refractivity contribution is 5.79. The Labute approximate surface area is 103 Å². The third-order valence-corrected chi connectivity index (χ3v) is 3.47. The molecule has 0 saturated carbocycles. The Bertz CT molecular complexity index is 398. The predicted octanol–water partition coefficient (Wildman–Crippen LogP) is 1.59. The van der Waals surface area contributed by atoms with Gasteiger partial charge >= 0.3 is 0 Å². The van der Waals surface area contributed by atoms with Crippen molar-refractivity contribution >= 4 is 5.96 Å². The summed E-state index contributed by atoms with van der Waals surface area (Å²) < 4.78 is 0. The molecule has 1 aromatic rings. The number of fused-ring (bicyclic) bond motifs is 1. The maximum absolute atomic E-state index is 4.13. The standard InChI is InChI=1S/C14H21N3/c1-15-14(16-2)17-10-11-7-8-12-5-3-4-6-13(12)9-11/h3-6,11H,7-10H2,1-2H3,(H2,15,16,17). The lowest BCUT2D eigenvalue weighted by atomic mass is 9.84. The molecule has 17 heavy (non-hydrogen) atoms. The molecule has 0 saturated heterocycles. The van der Waals surface area contributed by atoms with E-state index < -0.39 is 0 Å². The monoisotopic (exact) mass is 231 g/mol. The molecule has 1 unspecified atom stereocenters. The Morgan fingerprint density at radius 2 is 2.12 bits per heavy atom. The van der Waals surface area contributed by atoms with Crippen LogP contribution >= 0.6 is 0 Å². The predicted molar refractivity (Wildman–Crippen MR) is 72.4 cm³/mol. The molecular formula is C14H21N3. The summed E-state index contributed by atoms with van der Waals surface area (Å²) in [5.74, 6) is 1.60. The lowest BCUT2D eigenvalue weighted by Gasteiger charge is -2.25. The molecular weight excluding hydrogens is 210 g/mol. The van der Waals surface area contributed by atoms with Gasteiger partial charge in [-0.25, -0.2) is 0 Å². The minimum atomic E-state index is 0.718. The van der Waals surface area contributed by atoms with Gasteiger partial charge in [0.1, 0.15) is 0 Å². The smallest absolute Gasteiger partial charge is 0.190 e. The summed E-state index contributed by atoms with van der Waals surface area (Å²) in [6.07, 6.45) is 3.66. The van der Waals surface area contributed by atoms with Crippen molar-refractivity contribution in [1.82, 2.24) is 10.6 Å². The molecule has 0 fully saturated rings. The summed E-state index contributed by atoms with van der Waals surface area (Å²) in [4.78, 5) is 4.13. The van der Waals surface area contributed by atoms with E-state index in [1.165, 1.54) is 30.4 Å². The molecule has 0 amide bonds. The Morgan fingerprint density at radius 1 is 1.35 bits per heavy atom. The van der Waals surface area contributed by atoms with Crippen molar-refractivity contribution in [3.8, 4) is 0 Å². The summed E-state index contributed by atoms with van der Waals surface area (Å²) >= 11 is 0. The van der Waals surface area contributed by atoms with Gasteiger partial charge in [-0.3, -0.25) is 4.99 Å². The zero-order valence-electron chi connectivity index (χ0n) is 10.7. The van der Waals surface area contributed by atoms with Crippen molar-refractivity contribution in [2.24, 2.45) is 10.9 Å². The summed E-state index contributed by atoms with van der Waals surface area (Å²) in [5, 5.41) is 6.41. The largest absolute Gasteiger partial charge is 0.359 e. The number of aliphatic imine (C=N–C) groups is 1. The third-order valence-electron chi connectivity index (χ3n) is 3.47. The third kappa shape index (κ3) is 2.99. The first-order valence-electron chi connectivity index (χ1n) is 6.28. The molecule has 3 nitrogen and oxygen atoms in total. The fraction of sp³-hybridized carbons (Fsp3) is 0.500. The van der Waals surface area contributed by atoms with Crippen molar-refractivity contribution in [2.45, 2.75) is 19.3 Å². The normalized spacial score (nSPS) is 19.6. The van der Waals surface area contributed by atoms with Crippen LogP contribution in [0, 0.1) is 5.92 Å². The quantitative estimate of drug-likeness (QED) is 0.599. The van der Waals surface area contributed by atoms with E-state index in [0.717, 1.165) is 18.4 Å². The van der Waals surface area contributed by atoms with Gasteiger partial charge in [0, 0.05) is 20.6 Å². The first-order valence-corrected chi connectivity index (χ1v) is 6.28. The zero-order chi connectivity index (χ0) is 12.1. The van der Waals surface area contributed by atoms with E-state index in [-0.39, 0.29) is 0 Å². The van der Waals surface area contributed by atoms with Crippen LogP contribution in [-0.2, 0) is 12.8 Å². The van der Waals surface area contributed by atoms with Crippen LogP contribution in [0.1, 0.15) is 17.5 Å². The molecule has 0 spiro atoms. The Hall–Kier alpha value is -1.51. The second-order valence-corrected chi connectivity index (χ2v) is 4.58. The van der Waals surface area contributed by atoms with Crippen LogP contribution < -0.4 is 10.6 Å². The molecule has 92 valence electrons. The summed E-state index contributed by atoms with van der Waals surface area (Å²) in [6.45, 7) is 1.00. The summed E-state index contributed by atoms with van der Waals surface area (Å²) in [5.41, 5.74) is 3.05. The van der Waals surface area contributed by atoms with E-state index in [1.54, 1.807) is 7.05 Å². The first kappa shape index (κ1) is 12.0. The van der Waals surface area contributed by atoms with Crippen molar-refractivity contribution < 1.29 is 0 Å². The topological polar surface area (TPSA) is 36.4 Å². The molecule has 2 N–H and O–H groups in total. The number of hydrogen-bond acceptors (Lipinski definition) is 1. The van der Waals surface area contributed by atoms with E-state index in [2.05, 4.69) is 39.9 Å². The van der Waals surface area contributed by atoms with Gasteiger partial charge in [-0.2, -0.15) is 0 Å². The summed E-state index contributed by atoms with van der Waals surface area (Å²) in [6, 6.07) is 8.79.